The Balaban J connectivity index is 2.99. The molecule has 1 nitrogen and oxygen atoms in total. The van der Waals surface area contributed by atoms with E-state index in [1.54, 1.807) is 6.07 Å². The lowest BCUT2D eigenvalue weighted by Gasteiger charge is -2.15. The molecule has 74 valence electrons. The van der Waals surface area contributed by atoms with Gasteiger partial charge in [0.25, 0.3) is 0 Å². The van der Waals surface area contributed by atoms with Gasteiger partial charge in [0.1, 0.15) is 5.82 Å². The van der Waals surface area contributed by atoms with Crippen LogP contribution in [0.25, 0.3) is 0 Å². The summed E-state index contributed by atoms with van der Waals surface area (Å²) < 4.78 is 13.6. The third-order valence-corrected chi connectivity index (χ3v) is 2.70. The van der Waals surface area contributed by atoms with Crippen molar-refractivity contribution in [2.75, 3.05) is 7.05 Å². The summed E-state index contributed by atoms with van der Waals surface area (Å²) in [6.07, 6.45) is 5.83. The summed E-state index contributed by atoms with van der Waals surface area (Å²) in [5.41, 5.74) is 0.979. The zero-order chi connectivity index (χ0) is 10.6. The van der Waals surface area contributed by atoms with Crippen LogP contribution in [0.3, 0.4) is 0 Å². The van der Waals surface area contributed by atoms with Gasteiger partial charge in [-0.15, -0.1) is 12.3 Å². The van der Waals surface area contributed by atoms with Gasteiger partial charge in [-0.2, -0.15) is 0 Å². The van der Waals surface area contributed by atoms with Crippen molar-refractivity contribution in [2.24, 2.45) is 0 Å². The van der Waals surface area contributed by atoms with Crippen molar-refractivity contribution in [3.8, 4) is 12.3 Å². The second-order valence-electron chi connectivity index (χ2n) is 2.92. The summed E-state index contributed by atoms with van der Waals surface area (Å²) in [7, 11) is 1.83. The van der Waals surface area contributed by atoms with Crippen LogP contribution < -0.4 is 5.32 Å². The quantitative estimate of drug-likeness (QED) is 0.820. The van der Waals surface area contributed by atoms with Crippen LogP contribution >= 0.6 is 15.9 Å². The highest BCUT2D eigenvalue weighted by atomic mass is 79.9. The van der Waals surface area contributed by atoms with Gasteiger partial charge in [-0.1, -0.05) is 22.0 Å². The molecule has 0 aliphatic rings. The molecule has 0 heterocycles. The van der Waals surface area contributed by atoms with Gasteiger partial charge in [0, 0.05) is 16.9 Å². The number of rotatable bonds is 3. The molecule has 1 unspecified atom stereocenters. The van der Waals surface area contributed by atoms with Crippen molar-refractivity contribution in [3.05, 3.63) is 34.1 Å². The van der Waals surface area contributed by atoms with Gasteiger partial charge < -0.3 is 5.32 Å². The molecule has 1 rings (SSSR count). The van der Waals surface area contributed by atoms with E-state index in [9.17, 15) is 4.39 Å². The molecule has 0 fully saturated rings. The van der Waals surface area contributed by atoms with Gasteiger partial charge in [-0.25, -0.2) is 4.39 Å². The number of hydrogen-bond acceptors (Lipinski definition) is 1. The zero-order valence-electron chi connectivity index (χ0n) is 7.85. The minimum atomic E-state index is -0.254. The van der Waals surface area contributed by atoms with Crippen LogP contribution in [0.2, 0.25) is 0 Å². The summed E-state index contributed by atoms with van der Waals surface area (Å²) in [5, 5.41) is 3.08. The maximum Gasteiger partial charge on any atom is 0.124 e. The maximum atomic E-state index is 12.8. The van der Waals surface area contributed by atoms with Gasteiger partial charge >= 0.3 is 0 Å². The van der Waals surface area contributed by atoms with Crippen LogP contribution in [0.15, 0.2) is 22.7 Å². The van der Waals surface area contributed by atoms with Crippen molar-refractivity contribution >= 4 is 15.9 Å². The summed E-state index contributed by atoms with van der Waals surface area (Å²) in [5.74, 6) is 2.33. The Bertz CT molecular complexity index is 357. The van der Waals surface area contributed by atoms with Crippen LogP contribution in [0, 0.1) is 18.2 Å². The third-order valence-electron chi connectivity index (χ3n) is 2.01. The van der Waals surface area contributed by atoms with E-state index < -0.39 is 0 Å². The molecule has 14 heavy (non-hydrogen) atoms. The fourth-order valence-electron chi connectivity index (χ4n) is 1.27. The lowest BCUT2D eigenvalue weighted by Crippen LogP contribution is -2.16. The fourth-order valence-corrected chi connectivity index (χ4v) is 1.90. The Labute approximate surface area is 91.8 Å². The molecule has 1 N–H and O–H groups in total. The standard InChI is InChI=1S/C11H11BrFN/c1-3-4-11(14-2)9-6-5-8(13)7-10(9)12/h1,5-7,11,14H,4H2,2H3. The van der Waals surface area contributed by atoms with Crippen molar-refractivity contribution < 1.29 is 4.39 Å². The molecule has 0 spiro atoms. The molecule has 0 bridgehead atoms. The van der Waals surface area contributed by atoms with Crippen molar-refractivity contribution in [1.29, 1.82) is 0 Å². The number of nitrogens with one attached hydrogen (secondary N) is 1. The Kier molecular flexibility index (Phi) is 4.12. The molecule has 0 aliphatic heterocycles. The largest absolute Gasteiger partial charge is 0.312 e. The molecule has 0 radical (unpaired) electrons. The second kappa shape index (κ2) is 5.14. The first-order valence-electron chi connectivity index (χ1n) is 4.24. The number of hydrogen-bond donors (Lipinski definition) is 1. The predicted molar refractivity (Wildman–Crippen MR) is 59.4 cm³/mol. The highest BCUT2D eigenvalue weighted by Gasteiger charge is 2.11. The van der Waals surface area contributed by atoms with Crippen LogP contribution in [-0.4, -0.2) is 7.05 Å². The van der Waals surface area contributed by atoms with Crippen molar-refractivity contribution in [3.63, 3.8) is 0 Å². The summed E-state index contributed by atoms with van der Waals surface area (Å²) in [4.78, 5) is 0. The lowest BCUT2D eigenvalue weighted by molar-refractivity contribution is 0.598. The molecule has 0 amide bonds. The molecular weight excluding hydrogens is 245 g/mol. The van der Waals surface area contributed by atoms with Gasteiger partial charge in [-0.05, 0) is 24.7 Å². The van der Waals surface area contributed by atoms with Crippen molar-refractivity contribution in [2.45, 2.75) is 12.5 Å². The Morgan fingerprint density at radius 1 is 1.64 bits per heavy atom. The predicted octanol–water partition coefficient (Wildman–Crippen LogP) is 2.87. The third kappa shape index (κ3) is 2.57. The Morgan fingerprint density at radius 3 is 2.86 bits per heavy atom. The van der Waals surface area contributed by atoms with E-state index in [-0.39, 0.29) is 11.9 Å². The first kappa shape index (κ1) is 11.2. The molecule has 1 aromatic carbocycles. The molecule has 0 saturated heterocycles. The first-order chi connectivity index (χ1) is 6.69. The van der Waals surface area contributed by atoms with E-state index in [0.717, 1.165) is 10.0 Å². The summed E-state index contributed by atoms with van der Waals surface area (Å²) >= 11 is 3.31. The van der Waals surface area contributed by atoms with Gasteiger partial charge in [0.15, 0.2) is 0 Å². The van der Waals surface area contributed by atoms with E-state index in [2.05, 4.69) is 27.2 Å². The Hall–Kier alpha value is -0.850. The average Bonchev–Trinajstić information content (AvgIpc) is 2.15. The van der Waals surface area contributed by atoms with Crippen LogP contribution in [0.4, 0.5) is 4.39 Å². The average molecular weight is 256 g/mol. The molecule has 0 saturated carbocycles. The van der Waals surface area contributed by atoms with E-state index in [0.29, 0.717) is 6.42 Å². The zero-order valence-corrected chi connectivity index (χ0v) is 9.44. The molecule has 0 aromatic heterocycles. The molecule has 0 aliphatic carbocycles. The van der Waals surface area contributed by atoms with E-state index in [4.69, 9.17) is 6.42 Å². The SMILES string of the molecule is C#CCC(NC)c1ccc(F)cc1Br. The first-order valence-corrected chi connectivity index (χ1v) is 5.04. The number of halogens is 2. The normalized spacial score (nSPS) is 12.1. The van der Waals surface area contributed by atoms with Gasteiger partial charge in [0.2, 0.25) is 0 Å². The topological polar surface area (TPSA) is 12.0 Å². The monoisotopic (exact) mass is 255 g/mol. The van der Waals surface area contributed by atoms with Gasteiger partial charge in [-0.3, -0.25) is 0 Å². The van der Waals surface area contributed by atoms with Crippen LogP contribution in [0.5, 0.6) is 0 Å². The Morgan fingerprint density at radius 2 is 2.36 bits per heavy atom. The highest BCUT2D eigenvalue weighted by Crippen LogP contribution is 2.25. The van der Waals surface area contributed by atoms with E-state index >= 15 is 0 Å². The summed E-state index contributed by atoms with van der Waals surface area (Å²) in [6, 6.07) is 4.67. The number of benzene rings is 1. The number of terminal acetylenes is 1. The molecule has 1 atom stereocenters. The second-order valence-corrected chi connectivity index (χ2v) is 3.77. The molecule has 1 aromatic rings. The molecular formula is C11H11BrFN. The van der Waals surface area contributed by atoms with Crippen LogP contribution in [0.1, 0.15) is 18.0 Å². The molecule has 3 heteroatoms. The smallest absolute Gasteiger partial charge is 0.124 e. The fraction of sp³-hybridized carbons (Fsp3) is 0.273. The van der Waals surface area contributed by atoms with Crippen LogP contribution in [-0.2, 0) is 0 Å². The van der Waals surface area contributed by atoms with Crippen molar-refractivity contribution in [1.82, 2.24) is 5.32 Å². The van der Waals surface area contributed by atoms with Gasteiger partial charge in [0.05, 0.1) is 0 Å². The van der Waals surface area contributed by atoms with E-state index in [1.165, 1.54) is 12.1 Å². The lowest BCUT2D eigenvalue weighted by atomic mass is 10.0. The minimum Gasteiger partial charge on any atom is -0.312 e. The van der Waals surface area contributed by atoms with E-state index in [1.807, 2.05) is 7.05 Å². The minimum absolute atomic E-state index is 0.0648. The maximum absolute atomic E-state index is 12.8. The summed E-state index contributed by atoms with van der Waals surface area (Å²) in [6.45, 7) is 0. The highest BCUT2D eigenvalue weighted by molar-refractivity contribution is 9.10.